The lowest BCUT2D eigenvalue weighted by Gasteiger charge is -2.56. The highest BCUT2D eigenvalue weighted by molar-refractivity contribution is 5.93. The Bertz CT molecular complexity index is 564. The highest BCUT2D eigenvalue weighted by Gasteiger charge is 2.51. The zero-order valence-electron chi connectivity index (χ0n) is 14.3. The lowest BCUT2D eigenvalue weighted by molar-refractivity contribution is -0.135. The Morgan fingerprint density at radius 3 is 2.68 bits per heavy atom. The van der Waals surface area contributed by atoms with Crippen molar-refractivity contribution >= 4 is 5.97 Å². The summed E-state index contributed by atoms with van der Waals surface area (Å²) in [5.74, 6) is 0.969. The van der Waals surface area contributed by atoms with Crippen LogP contribution in [0.2, 0.25) is 0 Å². The molecule has 2 heteroatoms. The van der Waals surface area contributed by atoms with Crippen LogP contribution < -0.4 is 0 Å². The summed E-state index contributed by atoms with van der Waals surface area (Å²) >= 11 is 0. The Morgan fingerprint density at radius 2 is 2.00 bits per heavy atom. The van der Waals surface area contributed by atoms with Crippen molar-refractivity contribution in [1.82, 2.24) is 0 Å². The Hall–Kier alpha value is -1.31. The molecule has 120 valence electrons. The molecule has 2 aliphatic carbocycles. The largest absolute Gasteiger partial charge is 0.458 e. The van der Waals surface area contributed by atoms with E-state index < -0.39 is 0 Å². The van der Waals surface area contributed by atoms with Gasteiger partial charge in [0.2, 0.25) is 0 Å². The third-order valence-electron chi connectivity index (χ3n) is 6.37. The summed E-state index contributed by atoms with van der Waals surface area (Å²) in [6.45, 7) is 10.00. The number of carbonyl (C=O) groups is 1. The second-order valence-corrected chi connectivity index (χ2v) is 8.18. The van der Waals surface area contributed by atoms with Gasteiger partial charge in [0.05, 0.1) is 5.57 Å². The Balaban J connectivity index is 1.91. The van der Waals surface area contributed by atoms with Crippen molar-refractivity contribution in [3.8, 4) is 0 Å². The average Bonchev–Trinajstić information content (AvgIpc) is 2.82. The van der Waals surface area contributed by atoms with Crippen LogP contribution in [0.15, 0.2) is 35.5 Å². The van der Waals surface area contributed by atoms with Gasteiger partial charge in [-0.1, -0.05) is 51.0 Å². The molecule has 1 fully saturated rings. The minimum Gasteiger partial charge on any atom is -0.458 e. The first kappa shape index (κ1) is 15.6. The molecule has 22 heavy (non-hydrogen) atoms. The van der Waals surface area contributed by atoms with E-state index in [-0.39, 0.29) is 5.97 Å². The van der Waals surface area contributed by atoms with Crippen molar-refractivity contribution < 1.29 is 9.53 Å². The van der Waals surface area contributed by atoms with Gasteiger partial charge < -0.3 is 4.74 Å². The van der Waals surface area contributed by atoms with Crippen LogP contribution in [0.5, 0.6) is 0 Å². The predicted octanol–water partition coefficient (Wildman–Crippen LogP) is 4.82. The van der Waals surface area contributed by atoms with Gasteiger partial charge in [-0.15, -0.1) is 0 Å². The fourth-order valence-corrected chi connectivity index (χ4v) is 5.16. The lowest BCUT2D eigenvalue weighted by Crippen LogP contribution is -2.47. The molecule has 0 aromatic rings. The molecule has 3 aliphatic rings. The van der Waals surface area contributed by atoms with Crippen LogP contribution >= 0.6 is 0 Å². The molecule has 0 saturated heterocycles. The minimum absolute atomic E-state index is 0.181. The van der Waals surface area contributed by atoms with Gasteiger partial charge in [0.1, 0.15) is 6.61 Å². The van der Waals surface area contributed by atoms with Gasteiger partial charge in [0.25, 0.3) is 0 Å². The molecule has 2 nitrogen and oxygen atoms in total. The van der Waals surface area contributed by atoms with Gasteiger partial charge in [0, 0.05) is 5.92 Å². The minimum atomic E-state index is -0.181. The van der Waals surface area contributed by atoms with Gasteiger partial charge in [-0.3, -0.25) is 0 Å². The number of ether oxygens (including phenoxy) is 1. The normalized spacial score (nSPS) is 37.5. The van der Waals surface area contributed by atoms with Crippen LogP contribution in [0.3, 0.4) is 0 Å². The highest BCUT2D eigenvalue weighted by atomic mass is 16.5. The molecule has 0 aromatic carbocycles. The molecule has 1 aliphatic heterocycles. The van der Waals surface area contributed by atoms with Crippen molar-refractivity contribution in [3.05, 3.63) is 35.5 Å². The van der Waals surface area contributed by atoms with Crippen LogP contribution in [-0.2, 0) is 9.53 Å². The van der Waals surface area contributed by atoms with Crippen LogP contribution in [0.4, 0.5) is 0 Å². The lowest BCUT2D eigenvalue weighted by atomic mass is 9.48. The second-order valence-electron chi connectivity index (χ2n) is 8.18. The molecule has 0 amide bonds. The van der Waals surface area contributed by atoms with Crippen molar-refractivity contribution in [1.29, 1.82) is 0 Å². The van der Waals surface area contributed by atoms with Gasteiger partial charge in [-0.2, -0.15) is 0 Å². The third kappa shape index (κ3) is 2.47. The molecule has 1 saturated carbocycles. The van der Waals surface area contributed by atoms with E-state index in [0.29, 0.717) is 28.9 Å². The molecule has 0 spiro atoms. The van der Waals surface area contributed by atoms with E-state index in [1.165, 1.54) is 31.3 Å². The molecule has 3 rings (SSSR count). The number of hydrogen-bond donors (Lipinski definition) is 0. The van der Waals surface area contributed by atoms with E-state index in [1.54, 1.807) is 0 Å². The van der Waals surface area contributed by atoms with Crippen LogP contribution in [0, 0.1) is 22.7 Å². The van der Waals surface area contributed by atoms with Gasteiger partial charge in [-0.25, -0.2) is 4.79 Å². The average molecular weight is 300 g/mol. The Labute approximate surface area is 134 Å². The summed E-state index contributed by atoms with van der Waals surface area (Å²) in [5.41, 5.74) is 2.88. The van der Waals surface area contributed by atoms with E-state index >= 15 is 0 Å². The molecule has 1 heterocycles. The standard InChI is InChI=1S/C20H28O2/c1-14-6-9-17-19(2,3)11-5-12-20(17,4)16(14)8-7-15-10-13-22-18(15)21/h6-8,10,16-17H,5,9,11-13H2,1-4H3. The fourth-order valence-electron chi connectivity index (χ4n) is 5.16. The maximum absolute atomic E-state index is 11.6. The van der Waals surface area contributed by atoms with Gasteiger partial charge in [-0.05, 0) is 49.0 Å². The van der Waals surface area contributed by atoms with Gasteiger partial charge >= 0.3 is 5.97 Å². The van der Waals surface area contributed by atoms with Crippen LogP contribution in [-0.4, -0.2) is 12.6 Å². The summed E-state index contributed by atoms with van der Waals surface area (Å²) in [4.78, 5) is 11.6. The maximum atomic E-state index is 11.6. The first-order chi connectivity index (χ1) is 10.3. The number of hydrogen-bond acceptors (Lipinski definition) is 2. The molecule has 3 unspecified atom stereocenters. The monoisotopic (exact) mass is 300 g/mol. The predicted molar refractivity (Wildman–Crippen MR) is 89.3 cm³/mol. The zero-order valence-corrected chi connectivity index (χ0v) is 14.3. The molecule has 0 bridgehead atoms. The summed E-state index contributed by atoms with van der Waals surface area (Å²) in [6, 6.07) is 0. The van der Waals surface area contributed by atoms with E-state index in [9.17, 15) is 4.79 Å². The zero-order chi connectivity index (χ0) is 16.0. The quantitative estimate of drug-likeness (QED) is 0.539. The molecule has 0 N–H and O–H groups in total. The molecule has 0 aromatic heterocycles. The van der Waals surface area contributed by atoms with E-state index in [1.807, 2.05) is 12.2 Å². The number of cyclic esters (lactones) is 1. The number of carbonyl (C=O) groups excluding carboxylic acids is 1. The summed E-state index contributed by atoms with van der Waals surface area (Å²) in [5, 5.41) is 0. The van der Waals surface area contributed by atoms with Crippen LogP contribution in [0.1, 0.15) is 53.4 Å². The number of rotatable bonds is 2. The van der Waals surface area contributed by atoms with E-state index in [4.69, 9.17) is 4.74 Å². The number of allylic oxidation sites excluding steroid dienone is 3. The third-order valence-corrected chi connectivity index (χ3v) is 6.37. The number of fused-ring (bicyclic) bond motifs is 1. The Morgan fingerprint density at radius 1 is 1.23 bits per heavy atom. The maximum Gasteiger partial charge on any atom is 0.338 e. The van der Waals surface area contributed by atoms with Crippen molar-refractivity contribution in [2.75, 3.05) is 6.61 Å². The van der Waals surface area contributed by atoms with Crippen molar-refractivity contribution in [3.63, 3.8) is 0 Å². The SMILES string of the molecule is CC1=CCC2C(C)(C)CCCC2(C)C1C=CC1=CCOC1=O. The fraction of sp³-hybridized carbons (Fsp3) is 0.650. The molecule has 3 atom stereocenters. The topological polar surface area (TPSA) is 26.3 Å². The molecular formula is C20H28O2. The summed E-state index contributed by atoms with van der Waals surface area (Å²) in [6.07, 6.45) is 13.7. The number of esters is 1. The first-order valence-corrected chi connectivity index (χ1v) is 8.57. The smallest absolute Gasteiger partial charge is 0.338 e. The van der Waals surface area contributed by atoms with Gasteiger partial charge in [0.15, 0.2) is 0 Å². The van der Waals surface area contributed by atoms with Crippen molar-refractivity contribution in [2.24, 2.45) is 22.7 Å². The van der Waals surface area contributed by atoms with E-state index in [2.05, 4.69) is 39.8 Å². The van der Waals surface area contributed by atoms with Crippen LogP contribution in [0.25, 0.3) is 0 Å². The first-order valence-electron chi connectivity index (χ1n) is 8.57. The second kappa shape index (κ2) is 5.40. The van der Waals surface area contributed by atoms with Crippen molar-refractivity contribution in [2.45, 2.75) is 53.4 Å². The summed E-state index contributed by atoms with van der Waals surface area (Å²) in [7, 11) is 0. The summed E-state index contributed by atoms with van der Waals surface area (Å²) < 4.78 is 5.00. The highest BCUT2D eigenvalue weighted by Crippen LogP contribution is 2.59. The van der Waals surface area contributed by atoms with E-state index in [0.717, 1.165) is 5.92 Å². The Kier molecular flexibility index (Phi) is 3.82. The molecule has 0 radical (unpaired) electrons. The molecular weight excluding hydrogens is 272 g/mol.